The number of para-hydroxylation sites is 1. The summed E-state index contributed by atoms with van der Waals surface area (Å²) in [6, 6.07) is 7.98. The minimum Gasteiger partial charge on any atom is -0.496 e. The van der Waals surface area contributed by atoms with Crippen molar-refractivity contribution in [2.45, 2.75) is 40.7 Å². The summed E-state index contributed by atoms with van der Waals surface area (Å²) in [5, 5.41) is 6.66. The van der Waals surface area contributed by atoms with Crippen molar-refractivity contribution in [3.8, 4) is 5.75 Å². The molecule has 0 heterocycles. The number of nitrogens with zero attached hydrogens (tertiary/aromatic N) is 1. The van der Waals surface area contributed by atoms with Gasteiger partial charge in [-0.3, -0.25) is 0 Å². The van der Waals surface area contributed by atoms with E-state index in [0.717, 1.165) is 36.8 Å². The van der Waals surface area contributed by atoms with Gasteiger partial charge in [-0.05, 0) is 24.8 Å². The van der Waals surface area contributed by atoms with Crippen molar-refractivity contribution in [3.63, 3.8) is 0 Å². The molecule has 2 N–H and O–H groups in total. The first kappa shape index (κ1) is 17.3. The van der Waals surface area contributed by atoms with Crippen LogP contribution < -0.4 is 15.4 Å². The molecule has 0 aromatic heterocycles. The quantitative estimate of drug-likeness (QED) is 0.625. The lowest BCUT2D eigenvalue weighted by molar-refractivity contribution is 0.377. The Kier molecular flexibility index (Phi) is 7.06. The summed E-state index contributed by atoms with van der Waals surface area (Å²) in [5.74, 6) is 1.74. The Bertz CT molecular complexity index is 450. The predicted molar refractivity (Wildman–Crippen MR) is 89.9 cm³/mol. The number of ether oxygens (including phenoxy) is 1. The summed E-state index contributed by atoms with van der Waals surface area (Å²) >= 11 is 0. The highest BCUT2D eigenvalue weighted by Crippen LogP contribution is 2.18. The third-order valence-electron chi connectivity index (χ3n) is 3.11. The molecule has 118 valence electrons. The number of nitrogens with one attached hydrogen (secondary N) is 2. The Morgan fingerprint density at radius 3 is 2.52 bits per heavy atom. The van der Waals surface area contributed by atoms with Crippen molar-refractivity contribution in [2.75, 3.05) is 20.2 Å². The van der Waals surface area contributed by atoms with Gasteiger partial charge in [0, 0.05) is 18.7 Å². The fourth-order valence-electron chi connectivity index (χ4n) is 1.90. The van der Waals surface area contributed by atoms with Crippen LogP contribution in [-0.4, -0.2) is 26.2 Å². The second kappa shape index (κ2) is 8.55. The zero-order valence-corrected chi connectivity index (χ0v) is 14.0. The predicted octanol–water partition coefficient (Wildman–Crippen LogP) is 3.19. The Morgan fingerprint density at radius 2 is 1.90 bits per heavy atom. The summed E-state index contributed by atoms with van der Waals surface area (Å²) in [6.45, 7) is 11.2. The van der Waals surface area contributed by atoms with E-state index in [0.29, 0.717) is 12.0 Å². The van der Waals surface area contributed by atoms with Gasteiger partial charge in [-0.15, -0.1) is 0 Å². The molecule has 0 spiro atoms. The van der Waals surface area contributed by atoms with Crippen molar-refractivity contribution < 1.29 is 4.74 Å². The summed E-state index contributed by atoms with van der Waals surface area (Å²) in [5.41, 5.74) is 1.42. The molecule has 0 unspecified atom stereocenters. The number of rotatable bonds is 6. The fraction of sp³-hybridized carbons (Fsp3) is 0.588. The second-order valence-corrected chi connectivity index (χ2v) is 6.24. The van der Waals surface area contributed by atoms with Crippen molar-refractivity contribution in [1.29, 1.82) is 0 Å². The van der Waals surface area contributed by atoms with Crippen LogP contribution >= 0.6 is 0 Å². The first-order valence-electron chi connectivity index (χ1n) is 7.60. The van der Waals surface area contributed by atoms with Crippen LogP contribution in [0.1, 0.15) is 39.7 Å². The highest BCUT2D eigenvalue weighted by atomic mass is 16.5. The fourth-order valence-corrected chi connectivity index (χ4v) is 1.90. The number of aliphatic imine (C=N–C) groups is 1. The molecular weight excluding hydrogens is 262 g/mol. The highest BCUT2D eigenvalue weighted by molar-refractivity contribution is 5.79. The van der Waals surface area contributed by atoms with Gasteiger partial charge in [0.05, 0.1) is 13.7 Å². The van der Waals surface area contributed by atoms with E-state index in [1.54, 1.807) is 7.11 Å². The zero-order valence-electron chi connectivity index (χ0n) is 14.0. The maximum absolute atomic E-state index is 5.35. The van der Waals surface area contributed by atoms with E-state index in [1.807, 2.05) is 24.3 Å². The van der Waals surface area contributed by atoms with Crippen LogP contribution in [0.5, 0.6) is 5.75 Å². The van der Waals surface area contributed by atoms with Crippen LogP contribution in [0.4, 0.5) is 0 Å². The molecule has 1 aromatic carbocycles. The van der Waals surface area contributed by atoms with Gasteiger partial charge in [0.1, 0.15) is 5.75 Å². The van der Waals surface area contributed by atoms with Crippen LogP contribution in [0.2, 0.25) is 0 Å². The van der Waals surface area contributed by atoms with Crippen LogP contribution in [-0.2, 0) is 6.54 Å². The van der Waals surface area contributed by atoms with E-state index in [1.165, 1.54) is 0 Å². The van der Waals surface area contributed by atoms with Crippen LogP contribution in [0.3, 0.4) is 0 Å². The van der Waals surface area contributed by atoms with E-state index in [9.17, 15) is 0 Å². The van der Waals surface area contributed by atoms with Crippen LogP contribution in [0, 0.1) is 5.41 Å². The van der Waals surface area contributed by atoms with Crippen LogP contribution in [0.25, 0.3) is 0 Å². The molecule has 0 amide bonds. The standard InChI is InChI=1S/C17H29N3O/c1-6-18-16(19-12-11-17(2,3)4)20-13-14-9-7-8-10-15(14)21-5/h7-10H,6,11-13H2,1-5H3,(H2,18,19,20). The summed E-state index contributed by atoms with van der Waals surface area (Å²) in [4.78, 5) is 4.63. The van der Waals surface area contributed by atoms with E-state index in [4.69, 9.17) is 4.74 Å². The smallest absolute Gasteiger partial charge is 0.191 e. The Morgan fingerprint density at radius 1 is 1.19 bits per heavy atom. The Balaban J connectivity index is 2.62. The number of methoxy groups -OCH3 is 1. The van der Waals surface area contributed by atoms with Crippen molar-refractivity contribution in [3.05, 3.63) is 29.8 Å². The molecule has 0 saturated carbocycles. The average molecular weight is 291 g/mol. The lowest BCUT2D eigenvalue weighted by atomic mass is 9.92. The monoisotopic (exact) mass is 291 g/mol. The zero-order chi connectivity index (χ0) is 15.7. The Labute approximate surface area is 129 Å². The minimum absolute atomic E-state index is 0.326. The molecule has 0 radical (unpaired) electrons. The largest absolute Gasteiger partial charge is 0.496 e. The molecule has 1 aromatic rings. The number of hydrogen-bond donors (Lipinski definition) is 2. The molecule has 4 nitrogen and oxygen atoms in total. The maximum atomic E-state index is 5.35. The number of benzene rings is 1. The first-order chi connectivity index (χ1) is 9.96. The second-order valence-electron chi connectivity index (χ2n) is 6.24. The number of guanidine groups is 1. The minimum atomic E-state index is 0.326. The lowest BCUT2D eigenvalue weighted by Gasteiger charge is -2.19. The summed E-state index contributed by atoms with van der Waals surface area (Å²) < 4.78 is 5.35. The maximum Gasteiger partial charge on any atom is 0.191 e. The molecule has 0 atom stereocenters. The summed E-state index contributed by atoms with van der Waals surface area (Å²) in [6.07, 6.45) is 1.10. The van der Waals surface area contributed by atoms with E-state index >= 15 is 0 Å². The lowest BCUT2D eigenvalue weighted by Crippen LogP contribution is -2.38. The molecule has 0 aliphatic rings. The van der Waals surface area contributed by atoms with Crippen molar-refractivity contribution in [1.82, 2.24) is 10.6 Å². The molecule has 4 heteroatoms. The average Bonchev–Trinajstić information content (AvgIpc) is 2.43. The molecule has 0 fully saturated rings. The van der Waals surface area contributed by atoms with E-state index in [2.05, 4.69) is 43.3 Å². The van der Waals surface area contributed by atoms with Gasteiger partial charge in [0.25, 0.3) is 0 Å². The molecule has 0 bridgehead atoms. The first-order valence-corrected chi connectivity index (χ1v) is 7.60. The third kappa shape index (κ3) is 7.02. The van der Waals surface area contributed by atoms with Gasteiger partial charge >= 0.3 is 0 Å². The van der Waals surface area contributed by atoms with Gasteiger partial charge in [-0.25, -0.2) is 4.99 Å². The van der Waals surface area contributed by atoms with Crippen LogP contribution in [0.15, 0.2) is 29.3 Å². The normalized spacial score (nSPS) is 12.1. The van der Waals surface area contributed by atoms with E-state index in [-0.39, 0.29) is 0 Å². The molecule has 0 aliphatic carbocycles. The molecular formula is C17H29N3O. The van der Waals surface area contributed by atoms with Gasteiger partial charge in [-0.2, -0.15) is 0 Å². The topological polar surface area (TPSA) is 45.7 Å². The SMILES string of the molecule is CCNC(=NCc1ccccc1OC)NCCC(C)(C)C. The Hall–Kier alpha value is -1.71. The van der Waals surface area contributed by atoms with E-state index < -0.39 is 0 Å². The summed E-state index contributed by atoms with van der Waals surface area (Å²) in [7, 11) is 1.69. The molecule has 0 aliphatic heterocycles. The third-order valence-corrected chi connectivity index (χ3v) is 3.11. The van der Waals surface area contributed by atoms with Gasteiger partial charge in [0.2, 0.25) is 0 Å². The van der Waals surface area contributed by atoms with Crippen molar-refractivity contribution in [2.24, 2.45) is 10.4 Å². The molecule has 21 heavy (non-hydrogen) atoms. The van der Waals surface area contributed by atoms with Gasteiger partial charge in [-0.1, -0.05) is 39.0 Å². The molecule has 1 rings (SSSR count). The highest BCUT2D eigenvalue weighted by Gasteiger charge is 2.09. The van der Waals surface area contributed by atoms with Crippen molar-refractivity contribution >= 4 is 5.96 Å². The van der Waals surface area contributed by atoms with Gasteiger partial charge in [0.15, 0.2) is 5.96 Å². The number of hydrogen-bond acceptors (Lipinski definition) is 2. The van der Waals surface area contributed by atoms with Gasteiger partial charge < -0.3 is 15.4 Å². The molecule has 0 saturated heterocycles.